The van der Waals surface area contributed by atoms with E-state index in [1.165, 1.54) is 0 Å². The number of tetrazole rings is 1. The summed E-state index contributed by atoms with van der Waals surface area (Å²) in [7, 11) is 0. The first kappa shape index (κ1) is 13.6. The molecule has 1 unspecified atom stereocenters. The molecule has 0 aliphatic carbocycles. The molecule has 0 aliphatic rings. The molecule has 19 heavy (non-hydrogen) atoms. The van der Waals surface area contributed by atoms with E-state index in [2.05, 4.69) is 34.7 Å². The van der Waals surface area contributed by atoms with Crippen molar-refractivity contribution in [3.8, 4) is 5.69 Å². The van der Waals surface area contributed by atoms with Crippen LogP contribution in [-0.2, 0) is 5.54 Å². The van der Waals surface area contributed by atoms with Gasteiger partial charge in [-0.05, 0) is 48.9 Å². The zero-order chi connectivity index (χ0) is 13.9. The third kappa shape index (κ3) is 2.97. The van der Waals surface area contributed by atoms with Crippen LogP contribution in [0.15, 0.2) is 30.6 Å². The molecule has 2 aromatic rings. The van der Waals surface area contributed by atoms with Gasteiger partial charge in [-0.1, -0.05) is 12.1 Å². The van der Waals surface area contributed by atoms with Crippen molar-refractivity contribution >= 4 is 0 Å². The number of hydrogen-bond acceptors (Lipinski definition) is 5. The minimum Gasteiger partial charge on any atom is -0.394 e. The third-order valence-electron chi connectivity index (χ3n) is 3.02. The van der Waals surface area contributed by atoms with Crippen LogP contribution in [0.5, 0.6) is 0 Å². The SMILES string of the molecule is CC(C)NC(C)(CO)c1cccc(-n2cnnn2)c1. The van der Waals surface area contributed by atoms with Crippen LogP contribution in [-0.4, -0.2) is 38.0 Å². The van der Waals surface area contributed by atoms with Gasteiger partial charge in [-0.15, -0.1) is 5.10 Å². The number of nitrogens with zero attached hydrogens (tertiary/aromatic N) is 4. The molecule has 0 saturated heterocycles. The molecule has 1 heterocycles. The maximum absolute atomic E-state index is 9.70. The van der Waals surface area contributed by atoms with Gasteiger partial charge in [0, 0.05) is 6.04 Å². The first-order valence-corrected chi connectivity index (χ1v) is 6.27. The summed E-state index contributed by atoms with van der Waals surface area (Å²) in [5.74, 6) is 0. The normalized spacial score (nSPS) is 14.6. The van der Waals surface area contributed by atoms with E-state index < -0.39 is 5.54 Å². The maximum atomic E-state index is 9.70. The Labute approximate surface area is 112 Å². The van der Waals surface area contributed by atoms with Crippen LogP contribution in [0.4, 0.5) is 0 Å². The van der Waals surface area contributed by atoms with Gasteiger partial charge in [0.15, 0.2) is 0 Å². The van der Waals surface area contributed by atoms with Crippen LogP contribution in [0.2, 0.25) is 0 Å². The van der Waals surface area contributed by atoms with Crippen molar-refractivity contribution in [2.45, 2.75) is 32.4 Å². The predicted octanol–water partition coefficient (Wildman–Crippen LogP) is 0.868. The minimum atomic E-state index is -0.488. The van der Waals surface area contributed by atoms with Crippen molar-refractivity contribution < 1.29 is 5.11 Å². The highest BCUT2D eigenvalue weighted by Gasteiger charge is 2.26. The second-order valence-corrected chi connectivity index (χ2v) is 5.09. The van der Waals surface area contributed by atoms with Gasteiger partial charge in [0.25, 0.3) is 0 Å². The Morgan fingerprint density at radius 3 is 2.79 bits per heavy atom. The number of nitrogens with one attached hydrogen (secondary N) is 1. The van der Waals surface area contributed by atoms with Gasteiger partial charge < -0.3 is 10.4 Å². The first-order chi connectivity index (χ1) is 9.05. The third-order valence-corrected chi connectivity index (χ3v) is 3.02. The topological polar surface area (TPSA) is 75.9 Å². The lowest BCUT2D eigenvalue weighted by Gasteiger charge is -2.32. The maximum Gasteiger partial charge on any atom is 0.143 e. The van der Waals surface area contributed by atoms with Crippen LogP contribution in [0.3, 0.4) is 0 Å². The number of benzene rings is 1. The Morgan fingerprint density at radius 1 is 1.42 bits per heavy atom. The lowest BCUT2D eigenvalue weighted by Crippen LogP contribution is -2.46. The van der Waals surface area contributed by atoms with E-state index in [0.29, 0.717) is 0 Å². The molecule has 6 heteroatoms. The Morgan fingerprint density at radius 2 is 2.21 bits per heavy atom. The fourth-order valence-corrected chi connectivity index (χ4v) is 2.13. The molecule has 2 N–H and O–H groups in total. The molecule has 0 spiro atoms. The van der Waals surface area contributed by atoms with Crippen molar-refractivity contribution in [3.05, 3.63) is 36.2 Å². The molecule has 0 amide bonds. The van der Waals surface area contributed by atoms with E-state index in [-0.39, 0.29) is 12.6 Å². The molecule has 6 nitrogen and oxygen atoms in total. The van der Waals surface area contributed by atoms with E-state index >= 15 is 0 Å². The number of aliphatic hydroxyl groups excluding tert-OH is 1. The quantitative estimate of drug-likeness (QED) is 0.835. The highest BCUT2D eigenvalue weighted by Crippen LogP contribution is 2.23. The fourth-order valence-electron chi connectivity index (χ4n) is 2.13. The number of aromatic nitrogens is 4. The van der Waals surface area contributed by atoms with Gasteiger partial charge in [-0.25, -0.2) is 4.68 Å². The lowest BCUT2D eigenvalue weighted by molar-refractivity contribution is 0.166. The molecule has 0 aliphatic heterocycles. The van der Waals surface area contributed by atoms with E-state index in [0.717, 1.165) is 11.3 Å². The van der Waals surface area contributed by atoms with Crippen LogP contribution < -0.4 is 5.32 Å². The molecular formula is C13H19N5O. The zero-order valence-electron chi connectivity index (χ0n) is 11.4. The van der Waals surface area contributed by atoms with Gasteiger partial charge in [-0.2, -0.15) is 0 Å². The van der Waals surface area contributed by atoms with Crippen molar-refractivity contribution in [2.24, 2.45) is 0 Å². The Hall–Kier alpha value is -1.79. The fraction of sp³-hybridized carbons (Fsp3) is 0.462. The molecule has 0 radical (unpaired) electrons. The summed E-state index contributed by atoms with van der Waals surface area (Å²) in [5.41, 5.74) is 1.38. The van der Waals surface area contributed by atoms with E-state index in [4.69, 9.17) is 0 Å². The Bertz CT molecular complexity index is 526. The van der Waals surface area contributed by atoms with E-state index in [1.54, 1.807) is 11.0 Å². The van der Waals surface area contributed by atoms with Crippen molar-refractivity contribution in [2.75, 3.05) is 6.61 Å². The standard InChI is InChI=1S/C13H19N5O/c1-10(2)15-13(3,8-19)11-5-4-6-12(7-11)18-9-14-16-17-18/h4-7,9-10,15,19H,8H2,1-3H3. The molecule has 1 aromatic heterocycles. The van der Waals surface area contributed by atoms with Gasteiger partial charge in [0.05, 0.1) is 17.8 Å². The largest absolute Gasteiger partial charge is 0.394 e. The molecule has 1 atom stereocenters. The average molecular weight is 261 g/mol. The average Bonchev–Trinajstić information content (AvgIpc) is 2.92. The lowest BCUT2D eigenvalue weighted by atomic mass is 9.91. The Balaban J connectivity index is 2.36. The summed E-state index contributed by atoms with van der Waals surface area (Å²) in [6.07, 6.45) is 1.55. The summed E-state index contributed by atoms with van der Waals surface area (Å²) in [6, 6.07) is 8.09. The number of hydrogen-bond donors (Lipinski definition) is 2. The van der Waals surface area contributed by atoms with Gasteiger partial charge in [0.1, 0.15) is 6.33 Å². The zero-order valence-corrected chi connectivity index (χ0v) is 11.4. The molecule has 0 saturated carbocycles. The van der Waals surface area contributed by atoms with Gasteiger partial charge in [-0.3, -0.25) is 0 Å². The smallest absolute Gasteiger partial charge is 0.143 e. The monoisotopic (exact) mass is 261 g/mol. The second kappa shape index (κ2) is 5.46. The van der Waals surface area contributed by atoms with Gasteiger partial charge in [0.2, 0.25) is 0 Å². The molecule has 0 fully saturated rings. The van der Waals surface area contributed by atoms with Crippen LogP contribution in [0.25, 0.3) is 5.69 Å². The second-order valence-electron chi connectivity index (χ2n) is 5.09. The molecule has 2 rings (SSSR count). The summed E-state index contributed by atoms with van der Waals surface area (Å²) in [6.45, 7) is 6.11. The highest BCUT2D eigenvalue weighted by molar-refractivity contribution is 5.37. The molecule has 0 bridgehead atoms. The van der Waals surface area contributed by atoms with Crippen molar-refractivity contribution in [3.63, 3.8) is 0 Å². The number of rotatable bonds is 5. The van der Waals surface area contributed by atoms with E-state index in [1.807, 2.05) is 31.2 Å². The van der Waals surface area contributed by atoms with Crippen LogP contribution >= 0.6 is 0 Å². The van der Waals surface area contributed by atoms with Gasteiger partial charge >= 0.3 is 0 Å². The van der Waals surface area contributed by atoms with Crippen LogP contribution in [0.1, 0.15) is 26.3 Å². The number of aliphatic hydroxyl groups is 1. The molecular weight excluding hydrogens is 242 g/mol. The summed E-state index contributed by atoms with van der Waals surface area (Å²) < 4.78 is 1.59. The highest BCUT2D eigenvalue weighted by atomic mass is 16.3. The first-order valence-electron chi connectivity index (χ1n) is 6.27. The Kier molecular flexibility index (Phi) is 3.92. The van der Waals surface area contributed by atoms with E-state index in [9.17, 15) is 5.11 Å². The van der Waals surface area contributed by atoms with Crippen molar-refractivity contribution in [1.29, 1.82) is 0 Å². The predicted molar refractivity (Wildman–Crippen MR) is 71.9 cm³/mol. The molecule has 1 aromatic carbocycles. The van der Waals surface area contributed by atoms with Crippen LogP contribution in [0, 0.1) is 0 Å². The summed E-state index contributed by atoms with van der Waals surface area (Å²) in [4.78, 5) is 0. The summed E-state index contributed by atoms with van der Waals surface area (Å²) >= 11 is 0. The molecule has 102 valence electrons. The minimum absolute atomic E-state index is 0.0181. The summed E-state index contributed by atoms with van der Waals surface area (Å²) in [5, 5.41) is 24.2. The van der Waals surface area contributed by atoms with Crippen molar-refractivity contribution in [1.82, 2.24) is 25.5 Å².